The number of para-hydroxylation sites is 1. The number of rotatable bonds is 5. The van der Waals surface area contributed by atoms with Crippen LogP contribution in [0, 0.1) is 0 Å². The molecule has 2 aromatic rings. The second-order valence-corrected chi connectivity index (χ2v) is 8.45. The number of carbonyl (C=O) groups is 1. The number of carbonyl (C=O) groups excluding carboxylic acids is 1. The van der Waals surface area contributed by atoms with Crippen LogP contribution in [0.4, 0.5) is 0 Å². The molecule has 1 unspecified atom stereocenters. The molecule has 3 rings (SSSR count). The molecule has 2 heterocycles. The van der Waals surface area contributed by atoms with Gasteiger partial charge in [-0.05, 0) is 18.2 Å². The molecule has 1 N–H and O–H groups in total. The Morgan fingerprint density at radius 3 is 2.64 bits per heavy atom. The molecule has 1 aromatic heterocycles. The number of piperazine rings is 1. The molecule has 0 bridgehead atoms. The van der Waals surface area contributed by atoms with Gasteiger partial charge in [-0.15, -0.1) is 12.4 Å². The Kier molecular flexibility index (Phi) is 7.11. The summed E-state index contributed by atoms with van der Waals surface area (Å²) in [5, 5.41) is 3.03. The van der Waals surface area contributed by atoms with E-state index in [1.807, 2.05) is 24.3 Å². The second kappa shape index (κ2) is 8.95. The monoisotopic (exact) mass is 429 g/mol. The van der Waals surface area contributed by atoms with E-state index in [1.165, 1.54) is 26.2 Å². The predicted molar refractivity (Wildman–Crippen MR) is 106 cm³/mol. The lowest BCUT2D eigenvalue weighted by Crippen LogP contribution is -2.48. The van der Waals surface area contributed by atoms with Gasteiger partial charge in [-0.2, -0.15) is 0 Å². The molecule has 0 saturated carbocycles. The number of hydrogen-bond donors (Lipinski definition) is 1. The van der Waals surface area contributed by atoms with E-state index in [2.05, 4.69) is 5.32 Å². The lowest BCUT2D eigenvalue weighted by atomic mass is 10.0. The zero-order valence-electron chi connectivity index (χ0n) is 15.9. The molecule has 0 aliphatic carbocycles. The largest absolute Gasteiger partial charge is 0.496 e. The molecule has 1 saturated heterocycles. The highest BCUT2D eigenvalue weighted by molar-refractivity contribution is 7.88. The number of benzene rings is 1. The quantitative estimate of drug-likeness (QED) is 0.778. The number of methoxy groups -OCH3 is 1. The van der Waals surface area contributed by atoms with Crippen LogP contribution in [0.3, 0.4) is 0 Å². The van der Waals surface area contributed by atoms with Crippen LogP contribution in [0.15, 0.2) is 45.9 Å². The zero-order valence-corrected chi connectivity index (χ0v) is 17.5. The number of amides is 1. The van der Waals surface area contributed by atoms with Crippen LogP contribution in [0.25, 0.3) is 0 Å². The third kappa shape index (κ3) is 4.17. The van der Waals surface area contributed by atoms with Crippen molar-refractivity contribution < 1.29 is 22.4 Å². The number of halogens is 1. The first-order valence-corrected chi connectivity index (χ1v) is 9.97. The summed E-state index contributed by atoms with van der Waals surface area (Å²) in [6.07, 6.45) is 0. The molecule has 1 fully saturated rings. The number of ether oxygens (including phenoxy) is 1. The third-order valence-electron chi connectivity index (χ3n) is 4.53. The Balaban J connectivity index is 0.00000280. The van der Waals surface area contributed by atoms with Crippen molar-refractivity contribution in [3.05, 3.63) is 47.7 Å². The summed E-state index contributed by atoms with van der Waals surface area (Å²) in [6.45, 7) is 1.68. The van der Waals surface area contributed by atoms with Crippen LogP contribution in [0.2, 0.25) is 0 Å². The normalized spacial score (nSPS) is 17.3. The Bertz CT molecular complexity index is 929. The van der Waals surface area contributed by atoms with Gasteiger partial charge >= 0.3 is 0 Å². The van der Waals surface area contributed by atoms with Gasteiger partial charge in [0.05, 0.1) is 13.2 Å². The van der Waals surface area contributed by atoms with Crippen LogP contribution in [0.5, 0.6) is 5.75 Å². The molecule has 1 aromatic carbocycles. The van der Waals surface area contributed by atoms with Crippen molar-refractivity contribution in [2.75, 3.05) is 40.8 Å². The number of furan rings is 1. The highest BCUT2D eigenvalue weighted by atomic mass is 35.5. The van der Waals surface area contributed by atoms with Gasteiger partial charge < -0.3 is 19.4 Å². The first-order chi connectivity index (χ1) is 12.9. The van der Waals surface area contributed by atoms with E-state index in [-0.39, 0.29) is 35.2 Å². The summed E-state index contributed by atoms with van der Waals surface area (Å²) in [5.74, 6) is 0.337. The lowest BCUT2D eigenvalue weighted by molar-refractivity contribution is 0.0593. The van der Waals surface area contributed by atoms with Crippen molar-refractivity contribution in [1.29, 1.82) is 0 Å². The summed E-state index contributed by atoms with van der Waals surface area (Å²) in [4.78, 5) is 14.7. The van der Waals surface area contributed by atoms with E-state index in [1.54, 1.807) is 12.0 Å². The van der Waals surface area contributed by atoms with E-state index in [4.69, 9.17) is 9.15 Å². The molecule has 1 aliphatic rings. The first kappa shape index (κ1) is 22.2. The highest BCUT2D eigenvalue weighted by Crippen LogP contribution is 2.31. The van der Waals surface area contributed by atoms with Crippen molar-refractivity contribution in [2.24, 2.45) is 0 Å². The smallest absolute Gasteiger partial charge is 0.290 e. The molecule has 1 aliphatic heterocycles. The average molecular weight is 430 g/mol. The van der Waals surface area contributed by atoms with Crippen LogP contribution in [0.1, 0.15) is 22.2 Å². The Hall–Kier alpha value is -2.07. The van der Waals surface area contributed by atoms with Crippen LogP contribution >= 0.6 is 12.4 Å². The van der Waals surface area contributed by atoms with Gasteiger partial charge in [0.15, 0.2) is 5.76 Å². The summed E-state index contributed by atoms with van der Waals surface area (Å²) in [5.41, 5.74) is 0.883. The predicted octanol–water partition coefficient (Wildman–Crippen LogP) is 1.75. The van der Waals surface area contributed by atoms with Crippen molar-refractivity contribution in [1.82, 2.24) is 14.5 Å². The average Bonchev–Trinajstić information content (AvgIpc) is 3.18. The van der Waals surface area contributed by atoms with Crippen LogP contribution in [-0.4, -0.2) is 64.4 Å². The van der Waals surface area contributed by atoms with E-state index >= 15 is 0 Å². The van der Waals surface area contributed by atoms with E-state index in [0.717, 1.165) is 9.87 Å². The molecule has 1 atom stereocenters. The minimum Gasteiger partial charge on any atom is -0.496 e. The van der Waals surface area contributed by atoms with Gasteiger partial charge in [0, 0.05) is 39.3 Å². The maximum Gasteiger partial charge on any atom is 0.290 e. The van der Waals surface area contributed by atoms with Gasteiger partial charge in [-0.3, -0.25) is 4.79 Å². The highest BCUT2D eigenvalue weighted by Gasteiger charge is 2.33. The molecule has 0 spiro atoms. The summed E-state index contributed by atoms with van der Waals surface area (Å²) >= 11 is 0. The first-order valence-electron chi connectivity index (χ1n) is 8.53. The van der Waals surface area contributed by atoms with E-state index < -0.39 is 10.0 Å². The molecule has 1 amide bonds. The fraction of sp³-hybridized carbons (Fsp3) is 0.389. The number of nitrogens with one attached hydrogen (secondary N) is 1. The van der Waals surface area contributed by atoms with Crippen molar-refractivity contribution in [3.8, 4) is 5.75 Å². The van der Waals surface area contributed by atoms with Gasteiger partial charge in [-0.1, -0.05) is 18.2 Å². The second-order valence-electron chi connectivity index (χ2n) is 6.37. The Morgan fingerprint density at radius 1 is 1.25 bits per heavy atom. The molecule has 10 heteroatoms. The standard InChI is InChI=1S/C18H23N3O5S.ClH/c1-20(2)27(23,24)17-9-8-16(26-17)18(22)21-11-10-19-12-14(21)13-6-4-5-7-15(13)25-3;/h4-9,14,19H,10-12H2,1-3H3;1H. The van der Waals surface area contributed by atoms with Gasteiger partial charge in [-0.25, -0.2) is 12.7 Å². The SMILES string of the molecule is COc1ccccc1C1CNCCN1C(=O)c1ccc(S(=O)(=O)N(C)C)o1.Cl. The van der Waals surface area contributed by atoms with Gasteiger partial charge in [0.1, 0.15) is 5.75 Å². The molecule has 0 radical (unpaired) electrons. The Morgan fingerprint density at radius 2 is 1.96 bits per heavy atom. The molecular weight excluding hydrogens is 406 g/mol. The third-order valence-corrected chi connectivity index (χ3v) is 6.22. The molecular formula is C18H24ClN3O5S. The van der Waals surface area contributed by atoms with Gasteiger partial charge in [0.25, 0.3) is 15.9 Å². The molecule has 154 valence electrons. The maximum absolute atomic E-state index is 13.0. The number of hydrogen-bond acceptors (Lipinski definition) is 6. The zero-order chi connectivity index (χ0) is 19.6. The van der Waals surface area contributed by atoms with Crippen molar-refractivity contribution in [2.45, 2.75) is 11.1 Å². The summed E-state index contributed by atoms with van der Waals surface area (Å²) < 4.78 is 36.3. The minimum atomic E-state index is -3.73. The Labute approximate surface area is 170 Å². The fourth-order valence-electron chi connectivity index (χ4n) is 3.06. The number of sulfonamides is 1. The molecule has 28 heavy (non-hydrogen) atoms. The van der Waals surface area contributed by atoms with Crippen molar-refractivity contribution in [3.63, 3.8) is 0 Å². The van der Waals surface area contributed by atoms with Gasteiger partial charge in [0.2, 0.25) is 5.09 Å². The van der Waals surface area contributed by atoms with Crippen molar-refractivity contribution >= 4 is 28.3 Å². The minimum absolute atomic E-state index is 0. The summed E-state index contributed by atoms with van der Waals surface area (Å²) in [7, 11) is 0.677. The summed E-state index contributed by atoms with van der Waals surface area (Å²) in [6, 6.07) is 9.99. The number of nitrogens with zero attached hydrogens (tertiary/aromatic N) is 2. The van der Waals surface area contributed by atoms with E-state index in [0.29, 0.717) is 25.4 Å². The maximum atomic E-state index is 13.0. The topological polar surface area (TPSA) is 92.1 Å². The molecule has 8 nitrogen and oxygen atoms in total. The lowest BCUT2D eigenvalue weighted by Gasteiger charge is -2.36. The van der Waals surface area contributed by atoms with E-state index in [9.17, 15) is 13.2 Å². The fourth-order valence-corrected chi connectivity index (χ4v) is 3.86. The van der Waals surface area contributed by atoms with Crippen LogP contribution in [-0.2, 0) is 10.0 Å². The van der Waals surface area contributed by atoms with Crippen LogP contribution < -0.4 is 10.1 Å².